The number of carbonyl (C=O) groups is 2. The lowest BCUT2D eigenvalue weighted by atomic mass is 9.81. The number of nitrogens with one attached hydrogen (secondary N) is 4. The lowest BCUT2D eigenvalue weighted by molar-refractivity contribution is -0.130. The van der Waals surface area contributed by atoms with E-state index in [0.29, 0.717) is 29.1 Å². The van der Waals surface area contributed by atoms with Crippen molar-refractivity contribution in [3.8, 4) is 11.1 Å². The van der Waals surface area contributed by atoms with Crippen LogP contribution in [-0.2, 0) is 26.0 Å². The average Bonchev–Trinajstić information content (AvgIpc) is 3.40. The fourth-order valence-electron chi connectivity index (χ4n) is 5.89. The number of nitrogens with two attached hydrogens (primary N) is 1. The number of nitrogens with zero attached hydrogens (tertiary/aromatic N) is 1. The van der Waals surface area contributed by atoms with Gasteiger partial charge < -0.3 is 16.4 Å². The van der Waals surface area contributed by atoms with Crippen LogP contribution in [0.25, 0.3) is 22.0 Å². The Morgan fingerprint density at radius 2 is 1.67 bits per heavy atom. The molecule has 0 bridgehead atoms. The van der Waals surface area contributed by atoms with E-state index in [0.717, 1.165) is 47.9 Å². The van der Waals surface area contributed by atoms with Crippen molar-refractivity contribution in [3.05, 3.63) is 82.1 Å². The molecule has 13 heteroatoms. The molecule has 2 amide bonds. The maximum Gasteiger partial charge on any atom is 0.271 e. The van der Waals surface area contributed by atoms with Crippen LogP contribution >= 0.6 is 12.4 Å². The number of anilines is 1. The van der Waals surface area contributed by atoms with Crippen LogP contribution in [0.15, 0.2) is 70.4 Å². The highest BCUT2D eigenvalue weighted by Gasteiger charge is 2.29. The highest BCUT2D eigenvalue weighted by Crippen LogP contribution is 2.29. The highest BCUT2D eigenvalue weighted by atomic mass is 35.5. The summed E-state index contributed by atoms with van der Waals surface area (Å²) < 4.78 is 26.3. The summed E-state index contributed by atoms with van der Waals surface area (Å²) in [4.78, 5) is 39.0. The highest BCUT2D eigenvalue weighted by molar-refractivity contribution is 7.89. The van der Waals surface area contributed by atoms with Gasteiger partial charge in [0.1, 0.15) is 6.04 Å². The van der Waals surface area contributed by atoms with Crippen molar-refractivity contribution in [2.75, 3.05) is 26.0 Å². The third kappa shape index (κ3) is 7.69. The molecule has 1 saturated carbocycles. The molecule has 0 unspecified atom stereocenters. The molecule has 1 heterocycles. The second-order valence-corrected chi connectivity index (χ2v) is 14.2. The molecule has 4 aromatic rings. The van der Waals surface area contributed by atoms with Gasteiger partial charge in [0.05, 0.1) is 15.8 Å². The van der Waals surface area contributed by atoms with E-state index < -0.39 is 16.1 Å². The Morgan fingerprint density at radius 3 is 2.30 bits per heavy atom. The van der Waals surface area contributed by atoms with E-state index in [9.17, 15) is 22.8 Å². The number of H-pyrrole nitrogens is 2. The Kier molecular flexibility index (Phi) is 11.1. The van der Waals surface area contributed by atoms with Gasteiger partial charge in [0.25, 0.3) is 5.56 Å². The van der Waals surface area contributed by atoms with Gasteiger partial charge >= 0.3 is 0 Å². The van der Waals surface area contributed by atoms with Crippen LogP contribution < -0.4 is 21.9 Å². The summed E-state index contributed by atoms with van der Waals surface area (Å²) in [5, 5.41) is 11.7. The van der Waals surface area contributed by atoms with Crippen LogP contribution in [0.3, 0.4) is 0 Å². The third-order valence-corrected chi connectivity index (χ3v) is 10.5. The van der Waals surface area contributed by atoms with Gasteiger partial charge in [-0.15, -0.1) is 12.4 Å². The first-order valence-electron chi connectivity index (χ1n) is 15.1. The molecule has 0 aliphatic heterocycles. The maximum absolute atomic E-state index is 13.6. The molecule has 0 spiro atoms. The summed E-state index contributed by atoms with van der Waals surface area (Å²) >= 11 is 0. The first kappa shape index (κ1) is 34.9. The van der Waals surface area contributed by atoms with Crippen LogP contribution in [0.5, 0.6) is 0 Å². The average molecular weight is 669 g/mol. The molecule has 1 aliphatic carbocycles. The van der Waals surface area contributed by atoms with Crippen LogP contribution in [0.2, 0.25) is 0 Å². The third-order valence-electron chi connectivity index (χ3n) is 8.71. The maximum atomic E-state index is 13.6. The molecule has 1 aromatic heterocycles. The molecular formula is C33H41ClN6O5S. The van der Waals surface area contributed by atoms with Crippen molar-refractivity contribution in [1.82, 2.24) is 19.8 Å². The monoisotopic (exact) mass is 668 g/mol. The molecule has 46 heavy (non-hydrogen) atoms. The number of halogens is 1. The van der Waals surface area contributed by atoms with Gasteiger partial charge in [0, 0.05) is 32.1 Å². The molecule has 3 aromatic carbocycles. The number of hydrogen-bond donors (Lipinski definition) is 5. The molecule has 0 saturated heterocycles. The molecule has 6 N–H and O–H groups in total. The number of benzene rings is 3. The number of fused-ring (bicyclic) bond motifs is 1. The van der Waals surface area contributed by atoms with Crippen molar-refractivity contribution >= 4 is 50.8 Å². The number of aromatic amines is 2. The van der Waals surface area contributed by atoms with E-state index in [-0.39, 0.29) is 47.0 Å². The Labute approximate surface area is 274 Å². The molecule has 246 valence electrons. The summed E-state index contributed by atoms with van der Waals surface area (Å²) in [6.45, 7) is 2.49. The van der Waals surface area contributed by atoms with E-state index >= 15 is 0 Å². The predicted molar refractivity (Wildman–Crippen MR) is 182 cm³/mol. The molecule has 1 fully saturated rings. The fraction of sp³-hybridized carbons (Fsp3) is 0.364. The van der Waals surface area contributed by atoms with E-state index in [2.05, 4.69) is 20.8 Å². The summed E-state index contributed by atoms with van der Waals surface area (Å²) in [5.74, 6) is -0.252. The van der Waals surface area contributed by atoms with Crippen molar-refractivity contribution in [3.63, 3.8) is 0 Å². The Bertz CT molecular complexity index is 1860. The number of amides is 2. The second kappa shape index (κ2) is 14.6. The molecular weight excluding hydrogens is 628 g/mol. The van der Waals surface area contributed by atoms with Crippen molar-refractivity contribution < 1.29 is 18.0 Å². The van der Waals surface area contributed by atoms with E-state index in [1.807, 2.05) is 31.2 Å². The zero-order chi connectivity index (χ0) is 32.3. The normalized spacial score (nSPS) is 17.3. The van der Waals surface area contributed by atoms with Gasteiger partial charge in [-0.2, -0.15) is 0 Å². The first-order chi connectivity index (χ1) is 21.5. The summed E-state index contributed by atoms with van der Waals surface area (Å²) in [6.07, 6.45) is 3.52. The molecule has 0 radical (unpaired) electrons. The number of rotatable bonds is 10. The molecule has 1 atom stereocenters. The van der Waals surface area contributed by atoms with E-state index in [1.54, 1.807) is 36.4 Å². The lowest BCUT2D eigenvalue weighted by Gasteiger charge is -2.28. The van der Waals surface area contributed by atoms with Gasteiger partial charge in [-0.3, -0.25) is 24.6 Å². The number of sulfonamides is 1. The minimum absolute atomic E-state index is 0. The summed E-state index contributed by atoms with van der Waals surface area (Å²) in [5.41, 5.74) is 10.1. The second-order valence-electron chi connectivity index (χ2n) is 12.0. The molecule has 5 rings (SSSR count). The van der Waals surface area contributed by atoms with E-state index in [4.69, 9.17) is 5.73 Å². The topological polar surface area (TPSA) is 170 Å². The SMILES string of the molecule is Cc1cc(S(=O)(=O)N(C)C)ccc1-c1ccc(C[C@H](NC(=O)[C@H]2CC[C@H](CN)CC2)C(=O)Nc2ccc3c(=O)[nH][nH]c3c2)cc1.Cl. The Morgan fingerprint density at radius 1 is 0.978 bits per heavy atom. The standard InChI is InChI=1S/C33H40N6O5S.ClH/c1-20-16-26(45(43,44)39(2)3)13-15-27(20)23-8-4-21(5-9-23)17-30(36-31(40)24-10-6-22(19-34)7-11-24)33(42)35-25-12-14-28-29(18-25)37-38-32(28)41;/h4-5,8-9,12-16,18,22,24,30H,6-7,10-11,17,19,34H2,1-3H3,(H,35,42)(H,36,40)(H2,37,38,41);1H/t22-,24-,30-;/m0./s1. The zero-order valence-corrected chi connectivity index (χ0v) is 27.8. The molecule has 1 aliphatic rings. The van der Waals surface area contributed by atoms with E-state index in [1.165, 1.54) is 18.4 Å². The first-order valence-corrected chi connectivity index (χ1v) is 16.5. The quantitative estimate of drug-likeness (QED) is 0.171. The minimum atomic E-state index is -3.54. The van der Waals surface area contributed by atoms with Gasteiger partial charge in [0.2, 0.25) is 21.8 Å². The number of aromatic nitrogens is 2. The largest absolute Gasteiger partial charge is 0.344 e. The molecule has 11 nitrogen and oxygen atoms in total. The number of aryl methyl sites for hydroxylation is 1. The van der Waals surface area contributed by atoms with Crippen molar-refractivity contribution in [2.24, 2.45) is 17.6 Å². The van der Waals surface area contributed by atoms with Crippen LogP contribution in [0.4, 0.5) is 5.69 Å². The zero-order valence-electron chi connectivity index (χ0n) is 26.1. The number of carbonyl (C=O) groups excluding carboxylic acids is 2. The minimum Gasteiger partial charge on any atom is -0.344 e. The van der Waals surface area contributed by atoms with Gasteiger partial charge in [0.15, 0.2) is 0 Å². The number of hydrogen-bond acceptors (Lipinski definition) is 6. The lowest BCUT2D eigenvalue weighted by Crippen LogP contribution is -2.48. The van der Waals surface area contributed by atoms with Crippen LogP contribution in [-0.4, -0.2) is 61.4 Å². The predicted octanol–water partition coefficient (Wildman–Crippen LogP) is 3.93. The summed E-state index contributed by atoms with van der Waals surface area (Å²) in [6, 6.07) is 16.9. The van der Waals surface area contributed by atoms with Crippen LogP contribution in [0, 0.1) is 18.8 Å². The Balaban J connectivity index is 0.00000480. The summed E-state index contributed by atoms with van der Waals surface area (Å²) in [7, 11) is -0.539. The smallest absolute Gasteiger partial charge is 0.271 e. The van der Waals surface area contributed by atoms with Crippen LogP contribution in [0.1, 0.15) is 36.8 Å². The van der Waals surface area contributed by atoms with Crippen molar-refractivity contribution in [1.29, 1.82) is 0 Å². The Hall–Kier alpha value is -3.97. The van der Waals surface area contributed by atoms with Gasteiger partial charge in [-0.05, 0) is 97.7 Å². The fourth-order valence-corrected chi connectivity index (χ4v) is 6.88. The van der Waals surface area contributed by atoms with Crippen molar-refractivity contribution in [2.45, 2.75) is 50.0 Å². The van der Waals surface area contributed by atoms with Gasteiger partial charge in [-0.25, -0.2) is 12.7 Å². The van der Waals surface area contributed by atoms with Gasteiger partial charge in [-0.1, -0.05) is 30.3 Å².